The molecule has 1 aromatic heterocycles. The fraction of sp³-hybridized carbons (Fsp3) is 0.167. The molecule has 3 nitrogen and oxygen atoms in total. The highest BCUT2D eigenvalue weighted by Gasteiger charge is 2.20. The van der Waals surface area contributed by atoms with Crippen molar-refractivity contribution in [3.05, 3.63) is 42.1 Å². The van der Waals surface area contributed by atoms with Crippen LogP contribution in [0.3, 0.4) is 0 Å². The van der Waals surface area contributed by atoms with E-state index in [4.69, 9.17) is 4.74 Å². The molecule has 0 saturated heterocycles. The number of benzene rings is 1. The van der Waals surface area contributed by atoms with Gasteiger partial charge in [-0.1, -0.05) is 12.1 Å². The third-order valence-electron chi connectivity index (χ3n) is 2.44. The number of para-hydroxylation sites is 1. The third-order valence-corrected chi connectivity index (χ3v) is 2.44. The lowest BCUT2D eigenvalue weighted by Gasteiger charge is -2.02. The summed E-state index contributed by atoms with van der Waals surface area (Å²) in [6.45, 7) is 0. The summed E-state index contributed by atoms with van der Waals surface area (Å²) in [4.78, 5) is 11.5. The maximum Gasteiger partial charge on any atom is 0.673 e. The summed E-state index contributed by atoms with van der Waals surface area (Å²) in [7, 11) is -2.66. The Labute approximate surface area is 112 Å². The number of carbonyl (C=O) groups is 1. The highest BCUT2D eigenvalue weighted by Crippen LogP contribution is 2.15. The van der Waals surface area contributed by atoms with Crippen molar-refractivity contribution in [1.29, 1.82) is 0 Å². The van der Waals surface area contributed by atoms with E-state index >= 15 is 0 Å². The Bertz CT molecular complexity index is 610. The number of halogens is 4. The standard InChI is InChI=1S/C12H12NO2.BF4/c1-13-8-7-10(12(14)15-2)9-5-3-4-6-11(9)13;2-1(3,4)5/h3-8H,1-2H3;/q+1;-1. The van der Waals surface area contributed by atoms with Gasteiger partial charge in [0.05, 0.1) is 18.1 Å². The molecular formula is C12H12BF4NO2. The van der Waals surface area contributed by atoms with Gasteiger partial charge in [0.2, 0.25) is 5.52 Å². The second-order valence-electron chi connectivity index (χ2n) is 3.84. The van der Waals surface area contributed by atoms with E-state index in [0.29, 0.717) is 5.56 Å². The van der Waals surface area contributed by atoms with Crippen LogP contribution in [0.5, 0.6) is 0 Å². The first-order chi connectivity index (χ1) is 9.24. The fourth-order valence-electron chi connectivity index (χ4n) is 1.65. The van der Waals surface area contributed by atoms with E-state index < -0.39 is 7.25 Å². The Kier molecular flexibility index (Phi) is 5.07. The monoisotopic (exact) mass is 289 g/mol. The highest BCUT2D eigenvalue weighted by molar-refractivity contribution is 6.50. The number of nitrogens with zero attached hydrogens (tertiary/aromatic N) is 1. The van der Waals surface area contributed by atoms with E-state index in [1.165, 1.54) is 7.11 Å². The van der Waals surface area contributed by atoms with Crippen molar-refractivity contribution in [2.45, 2.75) is 0 Å². The van der Waals surface area contributed by atoms with Crippen molar-refractivity contribution < 1.29 is 31.4 Å². The number of esters is 1. The first-order valence-corrected chi connectivity index (χ1v) is 5.57. The molecule has 108 valence electrons. The Hall–Kier alpha value is -2.12. The van der Waals surface area contributed by atoms with Gasteiger partial charge in [-0.05, 0) is 6.07 Å². The minimum Gasteiger partial charge on any atom is -0.465 e. The lowest BCUT2D eigenvalue weighted by atomic mass is 10.1. The van der Waals surface area contributed by atoms with Gasteiger partial charge in [-0.15, -0.1) is 0 Å². The molecule has 0 atom stereocenters. The summed E-state index contributed by atoms with van der Waals surface area (Å²) >= 11 is 0. The Morgan fingerprint density at radius 2 is 1.70 bits per heavy atom. The number of pyridine rings is 1. The van der Waals surface area contributed by atoms with E-state index in [-0.39, 0.29) is 5.97 Å². The zero-order chi connectivity index (χ0) is 15.3. The number of rotatable bonds is 1. The number of fused-ring (bicyclic) bond motifs is 1. The number of aromatic nitrogens is 1. The Morgan fingerprint density at radius 3 is 2.25 bits per heavy atom. The molecule has 0 spiro atoms. The molecule has 1 aromatic carbocycles. The van der Waals surface area contributed by atoms with Crippen molar-refractivity contribution in [3.8, 4) is 0 Å². The van der Waals surface area contributed by atoms with Crippen molar-refractivity contribution in [2.75, 3.05) is 7.11 Å². The number of ether oxygens (including phenoxy) is 1. The average Bonchev–Trinajstić information content (AvgIpc) is 2.37. The van der Waals surface area contributed by atoms with Gasteiger partial charge in [-0.2, -0.15) is 0 Å². The second-order valence-corrected chi connectivity index (χ2v) is 3.84. The molecule has 2 aromatic rings. The highest BCUT2D eigenvalue weighted by atomic mass is 19.5. The van der Waals surface area contributed by atoms with Crippen molar-refractivity contribution in [2.24, 2.45) is 7.05 Å². The summed E-state index contributed by atoms with van der Waals surface area (Å²) in [5, 5.41) is 0.911. The van der Waals surface area contributed by atoms with Crippen molar-refractivity contribution in [3.63, 3.8) is 0 Å². The number of aryl methyl sites for hydroxylation is 1. The largest absolute Gasteiger partial charge is 0.673 e. The molecule has 0 unspecified atom stereocenters. The molecule has 1 heterocycles. The molecular weight excluding hydrogens is 277 g/mol. The molecule has 0 N–H and O–H groups in total. The fourth-order valence-corrected chi connectivity index (χ4v) is 1.65. The molecule has 0 bridgehead atoms. The zero-order valence-corrected chi connectivity index (χ0v) is 10.8. The van der Waals surface area contributed by atoms with E-state index in [0.717, 1.165) is 10.9 Å². The lowest BCUT2D eigenvalue weighted by Crippen LogP contribution is -2.29. The molecule has 0 aliphatic rings. The molecule has 0 fully saturated rings. The predicted molar refractivity (Wildman–Crippen MR) is 66.6 cm³/mol. The molecule has 20 heavy (non-hydrogen) atoms. The van der Waals surface area contributed by atoms with Crippen LogP contribution in [0.25, 0.3) is 10.9 Å². The average molecular weight is 289 g/mol. The second kappa shape index (κ2) is 6.36. The number of hydrogen-bond acceptors (Lipinski definition) is 2. The quantitative estimate of drug-likeness (QED) is 0.350. The Morgan fingerprint density at radius 1 is 1.15 bits per heavy atom. The van der Waals surface area contributed by atoms with Crippen LogP contribution < -0.4 is 4.57 Å². The number of methoxy groups -OCH3 is 1. The molecule has 0 radical (unpaired) electrons. The van der Waals surface area contributed by atoms with Gasteiger partial charge in [0.1, 0.15) is 7.05 Å². The predicted octanol–water partition coefficient (Wildman–Crippen LogP) is 2.75. The van der Waals surface area contributed by atoms with E-state index in [2.05, 4.69) is 0 Å². The third kappa shape index (κ3) is 4.53. The van der Waals surface area contributed by atoms with Crippen LogP contribution >= 0.6 is 0 Å². The van der Waals surface area contributed by atoms with Crippen LogP contribution in [-0.2, 0) is 11.8 Å². The zero-order valence-electron chi connectivity index (χ0n) is 10.8. The first kappa shape index (κ1) is 15.9. The van der Waals surface area contributed by atoms with Crippen LogP contribution in [-0.4, -0.2) is 20.3 Å². The Balaban J connectivity index is 0.000000347. The van der Waals surface area contributed by atoms with Gasteiger partial charge in [0.15, 0.2) is 6.20 Å². The molecule has 0 aliphatic heterocycles. The number of hydrogen-bond donors (Lipinski definition) is 0. The van der Waals surface area contributed by atoms with Crippen LogP contribution in [0.4, 0.5) is 17.3 Å². The molecule has 2 rings (SSSR count). The van der Waals surface area contributed by atoms with Gasteiger partial charge >= 0.3 is 13.2 Å². The number of carbonyl (C=O) groups excluding carboxylic acids is 1. The van der Waals surface area contributed by atoms with Crippen molar-refractivity contribution >= 4 is 24.1 Å². The topological polar surface area (TPSA) is 30.2 Å². The van der Waals surface area contributed by atoms with Crippen LogP contribution in [0.15, 0.2) is 36.5 Å². The van der Waals surface area contributed by atoms with Gasteiger partial charge in [0, 0.05) is 12.1 Å². The smallest absolute Gasteiger partial charge is 0.465 e. The molecule has 0 amide bonds. The van der Waals surface area contributed by atoms with Gasteiger partial charge in [-0.3, -0.25) is 0 Å². The maximum atomic E-state index is 11.5. The van der Waals surface area contributed by atoms with Crippen LogP contribution in [0, 0.1) is 0 Å². The van der Waals surface area contributed by atoms with Gasteiger partial charge < -0.3 is 22.0 Å². The van der Waals surface area contributed by atoms with Crippen LogP contribution in [0.1, 0.15) is 10.4 Å². The summed E-state index contributed by atoms with van der Waals surface area (Å²) < 4.78 is 45.7. The van der Waals surface area contributed by atoms with Crippen LogP contribution in [0.2, 0.25) is 0 Å². The van der Waals surface area contributed by atoms with Crippen molar-refractivity contribution in [1.82, 2.24) is 0 Å². The lowest BCUT2D eigenvalue weighted by molar-refractivity contribution is -0.644. The maximum absolute atomic E-state index is 11.5. The van der Waals surface area contributed by atoms with E-state index in [9.17, 15) is 22.1 Å². The molecule has 0 saturated carbocycles. The summed E-state index contributed by atoms with van der Waals surface area (Å²) in [5.41, 5.74) is 1.62. The summed E-state index contributed by atoms with van der Waals surface area (Å²) in [5.74, 6) is -0.299. The van der Waals surface area contributed by atoms with Gasteiger partial charge in [0.25, 0.3) is 0 Å². The SMILES string of the molecule is COC(=O)c1cc[n+](C)c2ccccc12.F[B-](F)(F)F. The van der Waals surface area contributed by atoms with E-state index in [1.807, 2.05) is 42.1 Å². The minimum absolute atomic E-state index is 0.299. The normalized spacial score (nSPS) is 10.7. The first-order valence-electron chi connectivity index (χ1n) is 5.57. The van der Waals surface area contributed by atoms with E-state index in [1.54, 1.807) is 6.07 Å². The minimum atomic E-state index is -6.00. The molecule has 8 heteroatoms. The molecule has 0 aliphatic carbocycles. The summed E-state index contributed by atoms with van der Waals surface area (Å²) in [6, 6.07) is 9.52. The summed E-state index contributed by atoms with van der Waals surface area (Å²) in [6.07, 6.45) is 1.86. The van der Waals surface area contributed by atoms with Gasteiger partial charge in [-0.25, -0.2) is 9.36 Å².